The predicted octanol–water partition coefficient (Wildman–Crippen LogP) is 0.155. The van der Waals surface area contributed by atoms with E-state index in [9.17, 15) is 28.8 Å². The third kappa shape index (κ3) is 33.9. The normalized spacial score (nSPS) is 14.2. The van der Waals surface area contributed by atoms with Gasteiger partial charge in [-0.1, -0.05) is 45.4 Å². The molecule has 0 unspecified atom stereocenters. The van der Waals surface area contributed by atoms with Gasteiger partial charge in [0.2, 0.25) is 23.6 Å². The SMILES string of the molecule is CCN(CCCNC(=O)[C@@H](N)CCCCCC(=O)[C@@H](N)CCCCNC(=O)[C@@H](N)CCCCN)CCCNC(=O)[C@@H](N)CCCCCC(=O)[C@@H](N)CCCCNC(=O)[C@@H](N)CCCCN. The molecule has 380 valence electrons. The number of rotatable bonds is 45. The monoisotopic (exact) mass is 926 g/mol. The van der Waals surface area contributed by atoms with Gasteiger partial charge in [0.1, 0.15) is 11.6 Å². The average Bonchev–Trinajstić information content (AvgIpc) is 3.29. The number of carbonyl (C=O) groups is 6. The van der Waals surface area contributed by atoms with Crippen LogP contribution in [-0.4, -0.2) is 135 Å². The summed E-state index contributed by atoms with van der Waals surface area (Å²) in [5.74, 6) is -0.611. The number of ketones is 2. The Morgan fingerprint density at radius 3 is 0.954 bits per heavy atom. The van der Waals surface area contributed by atoms with Gasteiger partial charge in [-0.3, -0.25) is 28.8 Å². The standard InChI is InChI=1S/C46H95N13O6/c1-2-59(33-17-31-57-45(64)37(51)21-5-3-7-25-41(60)35(49)19-11-15-29-55-43(62)39(53)23-9-13-27-47)34-18-32-58-46(65)38(52)22-6-4-8-26-42(61)36(50)20-12-16-30-56-44(63)40(54)24-10-14-28-48/h35-40H,2-34,47-54H2,1H3,(H,55,62)(H,56,63)(H,57,64)(H,58,65)/t35-,36-,37-,38-,39-,40-/m0/s1. The first-order chi connectivity index (χ1) is 31.2. The van der Waals surface area contributed by atoms with Crippen molar-refractivity contribution in [3.05, 3.63) is 0 Å². The minimum atomic E-state index is -0.600. The number of unbranched alkanes of at least 4 members (excludes halogenated alkanes) is 8. The molecule has 6 atom stereocenters. The first-order valence-corrected chi connectivity index (χ1v) is 25.0. The summed E-state index contributed by atoms with van der Waals surface area (Å²) in [6.45, 7) is 7.76. The second-order valence-electron chi connectivity index (χ2n) is 17.6. The summed E-state index contributed by atoms with van der Waals surface area (Å²) in [5, 5.41) is 11.6. The van der Waals surface area contributed by atoms with E-state index >= 15 is 0 Å². The van der Waals surface area contributed by atoms with E-state index in [0.29, 0.717) is 103 Å². The molecule has 0 aliphatic rings. The summed E-state index contributed by atoms with van der Waals surface area (Å²) in [5.41, 5.74) is 47.2. The number of nitrogens with two attached hydrogens (primary N) is 8. The van der Waals surface area contributed by atoms with Crippen molar-refractivity contribution in [2.24, 2.45) is 45.9 Å². The molecule has 0 aliphatic carbocycles. The van der Waals surface area contributed by atoms with E-state index in [1.54, 1.807) is 0 Å². The number of carbonyl (C=O) groups excluding carboxylic acids is 6. The molecular weight excluding hydrogens is 831 g/mol. The van der Waals surface area contributed by atoms with Gasteiger partial charge in [0.05, 0.1) is 36.3 Å². The summed E-state index contributed by atoms with van der Waals surface area (Å²) >= 11 is 0. The van der Waals surface area contributed by atoms with E-state index < -0.39 is 36.3 Å². The lowest BCUT2D eigenvalue weighted by Gasteiger charge is -2.21. The van der Waals surface area contributed by atoms with Crippen molar-refractivity contribution in [3.63, 3.8) is 0 Å². The number of Topliss-reactive ketones (excluding diaryl/α,β-unsaturated/α-hetero) is 2. The fourth-order valence-electron chi connectivity index (χ4n) is 7.30. The first-order valence-electron chi connectivity index (χ1n) is 25.0. The second kappa shape index (κ2) is 41.1. The topological polar surface area (TPSA) is 362 Å². The lowest BCUT2D eigenvalue weighted by molar-refractivity contribution is -0.123. The Morgan fingerprint density at radius 1 is 0.369 bits per heavy atom. The molecule has 0 radical (unpaired) electrons. The van der Waals surface area contributed by atoms with Crippen molar-refractivity contribution >= 4 is 35.2 Å². The Bertz CT molecular complexity index is 1190. The van der Waals surface area contributed by atoms with E-state index in [0.717, 1.165) is 110 Å². The van der Waals surface area contributed by atoms with Crippen molar-refractivity contribution < 1.29 is 28.8 Å². The molecule has 0 rings (SSSR count). The van der Waals surface area contributed by atoms with Crippen LogP contribution >= 0.6 is 0 Å². The van der Waals surface area contributed by atoms with Crippen molar-refractivity contribution in [2.45, 2.75) is 197 Å². The molecule has 0 aliphatic heterocycles. The molecule has 0 aromatic heterocycles. The van der Waals surface area contributed by atoms with Crippen LogP contribution in [0.1, 0.15) is 161 Å². The maximum atomic E-state index is 12.5. The van der Waals surface area contributed by atoms with Crippen LogP contribution in [0.5, 0.6) is 0 Å². The van der Waals surface area contributed by atoms with Gasteiger partial charge in [0.15, 0.2) is 0 Å². The molecule has 0 bridgehead atoms. The molecule has 65 heavy (non-hydrogen) atoms. The highest BCUT2D eigenvalue weighted by molar-refractivity contribution is 5.84. The van der Waals surface area contributed by atoms with E-state index in [1.807, 2.05) is 0 Å². The Balaban J connectivity index is 3.95. The van der Waals surface area contributed by atoms with Crippen LogP contribution in [0.3, 0.4) is 0 Å². The molecule has 0 fully saturated rings. The van der Waals surface area contributed by atoms with Crippen LogP contribution in [0, 0.1) is 0 Å². The second-order valence-corrected chi connectivity index (χ2v) is 17.6. The highest BCUT2D eigenvalue weighted by Gasteiger charge is 2.18. The van der Waals surface area contributed by atoms with Gasteiger partial charge in [-0.05, 0) is 135 Å². The van der Waals surface area contributed by atoms with E-state index in [2.05, 4.69) is 33.1 Å². The van der Waals surface area contributed by atoms with Crippen molar-refractivity contribution in [3.8, 4) is 0 Å². The van der Waals surface area contributed by atoms with Crippen LogP contribution in [-0.2, 0) is 28.8 Å². The molecule has 0 aromatic rings. The molecule has 0 saturated carbocycles. The zero-order chi connectivity index (χ0) is 48.7. The highest BCUT2D eigenvalue weighted by atomic mass is 16.2. The Hall–Kier alpha value is -3.14. The van der Waals surface area contributed by atoms with Gasteiger partial charge in [-0.2, -0.15) is 0 Å². The van der Waals surface area contributed by atoms with Crippen LogP contribution in [0.15, 0.2) is 0 Å². The van der Waals surface area contributed by atoms with Gasteiger partial charge in [0.25, 0.3) is 0 Å². The van der Waals surface area contributed by atoms with Crippen LogP contribution in [0.2, 0.25) is 0 Å². The molecule has 0 heterocycles. The molecule has 0 saturated heterocycles. The molecule has 0 aromatic carbocycles. The van der Waals surface area contributed by atoms with Gasteiger partial charge >= 0.3 is 0 Å². The van der Waals surface area contributed by atoms with Crippen LogP contribution in [0.25, 0.3) is 0 Å². The van der Waals surface area contributed by atoms with Gasteiger partial charge in [-0.25, -0.2) is 0 Å². The minimum Gasteiger partial charge on any atom is -0.355 e. The summed E-state index contributed by atoms with van der Waals surface area (Å²) in [4.78, 5) is 76.3. The fraction of sp³-hybridized carbons (Fsp3) is 0.870. The largest absolute Gasteiger partial charge is 0.355 e. The number of nitrogens with one attached hydrogen (secondary N) is 4. The number of amides is 4. The van der Waals surface area contributed by atoms with E-state index in [4.69, 9.17) is 45.9 Å². The summed E-state index contributed by atoms with van der Waals surface area (Å²) in [6.07, 6.45) is 16.5. The Morgan fingerprint density at radius 2 is 0.646 bits per heavy atom. The third-order valence-corrected chi connectivity index (χ3v) is 11.8. The number of hydrogen-bond acceptors (Lipinski definition) is 15. The molecule has 20 N–H and O–H groups in total. The summed E-state index contributed by atoms with van der Waals surface area (Å²) < 4.78 is 0. The fourth-order valence-corrected chi connectivity index (χ4v) is 7.30. The number of hydrogen-bond donors (Lipinski definition) is 12. The first kappa shape index (κ1) is 61.9. The molecule has 4 amide bonds. The quantitative estimate of drug-likeness (QED) is 0.0362. The van der Waals surface area contributed by atoms with Crippen LogP contribution in [0.4, 0.5) is 0 Å². The summed E-state index contributed by atoms with van der Waals surface area (Å²) in [6, 6.07) is -3.28. The maximum absolute atomic E-state index is 12.5. The average molecular weight is 926 g/mol. The molecule has 19 heteroatoms. The van der Waals surface area contributed by atoms with E-state index in [1.165, 1.54) is 0 Å². The van der Waals surface area contributed by atoms with Gasteiger partial charge in [0, 0.05) is 39.0 Å². The minimum absolute atomic E-state index is 0.0296. The van der Waals surface area contributed by atoms with Crippen LogP contribution < -0.4 is 67.1 Å². The predicted molar refractivity (Wildman–Crippen MR) is 261 cm³/mol. The third-order valence-electron chi connectivity index (χ3n) is 11.8. The zero-order valence-electron chi connectivity index (χ0n) is 40.3. The van der Waals surface area contributed by atoms with Crippen molar-refractivity contribution in [1.82, 2.24) is 26.2 Å². The van der Waals surface area contributed by atoms with Crippen molar-refractivity contribution in [1.29, 1.82) is 0 Å². The van der Waals surface area contributed by atoms with Gasteiger partial charge < -0.3 is 72.0 Å². The lowest BCUT2D eigenvalue weighted by atomic mass is 10.00. The maximum Gasteiger partial charge on any atom is 0.236 e. The van der Waals surface area contributed by atoms with Crippen molar-refractivity contribution in [2.75, 3.05) is 58.9 Å². The zero-order valence-corrected chi connectivity index (χ0v) is 40.3. The smallest absolute Gasteiger partial charge is 0.236 e. The highest BCUT2D eigenvalue weighted by Crippen LogP contribution is 2.11. The molecular formula is C46H95N13O6. The Labute approximate surface area is 391 Å². The summed E-state index contributed by atoms with van der Waals surface area (Å²) in [7, 11) is 0. The number of nitrogens with zero attached hydrogens (tertiary/aromatic N) is 1. The van der Waals surface area contributed by atoms with Gasteiger partial charge in [-0.15, -0.1) is 0 Å². The molecule has 0 spiro atoms. The lowest BCUT2D eigenvalue weighted by Crippen LogP contribution is -2.42. The Kier molecular flexibility index (Phi) is 39.1. The van der Waals surface area contributed by atoms with E-state index in [-0.39, 0.29) is 35.2 Å². The molecule has 19 nitrogen and oxygen atoms in total.